The zero-order valence-corrected chi connectivity index (χ0v) is 14.4. The monoisotopic (exact) mass is 434 g/mol. The Balaban J connectivity index is 0. The van der Waals surface area contributed by atoms with Crippen LogP contribution in [0.4, 0.5) is 0 Å². The molecule has 0 aliphatic rings. The van der Waals surface area contributed by atoms with Crippen LogP contribution in [-0.2, 0) is 16.4 Å². The van der Waals surface area contributed by atoms with Gasteiger partial charge in [-0.15, -0.1) is 0 Å². The van der Waals surface area contributed by atoms with Crippen molar-refractivity contribution in [1.82, 2.24) is 0 Å². The van der Waals surface area contributed by atoms with Crippen LogP contribution in [0.3, 0.4) is 0 Å². The molecule has 0 aromatic rings. The molecule has 6 heavy (non-hydrogen) atoms. The third-order valence-electron chi connectivity index (χ3n) is 0. The van der Waals surface area contributed by atoms with E-state index in [4.69, 9.17) is 0 Å². The molecule has 0 bridgehead atoms. The summed E-state index contributed by atoms with van der Waals surface area (Å²) in [6.07, 6.45) is 0. The van der Waals surface area contributed by atoms with E-state index < -0.39 is 0 Å². The van der Waals surface area contributed by atoms with Crippen LogP contribution in [0.25, 0.3) is 0 Å². The minimum Gasteiger partial charge on any atom is -2.00 e. The van der Waals surface area contributed by atoms with Crippen LogP contribution in [0.15, 0.2) is 0 Å². The molecule has 3 nitrogen and oxygen atoms in total. The third-order valence-corrected chi connectivity index (χ3v) is 0. The predicted molar refractivity (Wildman–Crippen MR) is 13.6 cm³/mol. The first-order valence-electron chi connectivity index (χ1n) is 0. The standard InChI is InChI=1S/Ba.Bi.K.3O/q+2;+3;+1;3*-2. The second-order valence-electron chi connectivity index (χ2n) is 0. The number of hydrogen-bond acceptors (Lipinski definition) is 0. The van der Waals surface area contributed by atoms with E-state index in [9.17, 15) is 0 Å². The first-order valence-corrected chi connectivity index (χ1v) is 0. The minimum atomic E-state index is 0. The Bertz CT molecular complexity index is 10.8. The summed E-state index contributed by atoms with van der Waals surface area (Å²) in [6.45, 7) is 0. The second-order valence-corrected chi connectivity index (χ2v) is 0. The molecule has 0 spiro atoms. The quantitative estimate of drug-likeness (QED) is 0.348. The average molecular weight is 433 g/mol. The second kappa shape index (κ2) is 36.1. The average Bonchev–Trinajstić information content (AvgIpc) is 0. The molecule has 0 aliphatic carbocycles. The number of rotatable bonds is 0. The molecular weight excluding hydrogens is 433 g/mol. The van der Waals surface area contributed by atoms with Gasteiger partial charge >= 0.3 is 126 Å². The van der Waals surface area contributed by atoms with Crippen LogP contribution in [0, 0.1) is 0 Å². The summed E-state index contributed by atoms with van der Waals surface area (Å²) in [7, 11) is 0. The molecular formula is BaBiKO3. The molecule has 0 rings (SSSR count). The maximum absolute atomic E-state index is 0. The first-order chi connectivity index (χ1) is 0. The molecule has 6 heteroatoms. The van der Waals surface area contributed by atoms with Gasteiger partial charge < -0.3 is 16.4 Å². The van der Waals surface area contributed by atoms with E-state index in [0.29, 0.717) is 0 Å². The van der Waals surface area contributed by atoms with Gasteiger partial charge in [-0.25, -0.2) is 0 Å². The van der Waals surface area contributed by atoms with E-state index in [-0.39, 0.29) is 143 Å². The van der Waals surface area contributed by atoms with Crippen LogP contribution >= 0.6 is 0 Å². The summed E-state index contributed by atoms with van der Waals surface area (Å²) < 4.78 is 0. The van der Waals surface area contributed by atoms with Crippen LogP contribution in [0.5, 0.6) is 0 Å². The predicted octanol–water partition coefficient (Wildman–Crippen LogP) is -4.11. The van der Waals surface area contributed by atoms with Gasteiger partial charge in [0.1, 0.15) is 0 Å². The Kier molecular flexibility index (Phi) is 307. The van der Waals surface area contributed by atoms with Crippen LogP contribution in [0.1, 0.15) is 0 Å². The van der Waals surface area contributed by atoms with E-state index in [2.05, 4.69) is 0 Å². The van der Waals surface area contributed by atoms with Crippen molar-refractivity contribution in [3.05, 3.63) is 0 Å². The summed E-state index contributed by atoms with van der Waals surface area (Å²) in [4.78, 5) is 0. The topological polar surface area (TPSA) is 85.5 Å². The van der Waals surface area contributed by atoms with Gasteiger partial charge in [0.25, 0.3) is 0 Å². The Labute approximate surface area is 139 Å². The minimum absolute atomic E-state index is 0. The van der Waals surface area contributed by atoms with Gasteiger partial charge in [0.2, 0.25) is 0 Å². The van der Waals surface area contributed by atoms with Crippen molar-refractivity contribution in [2.45, 2.75) is 0 Å². The largest absolute Gasteiger partial charge is 3.00 e. The molecule has 0 amide bonds. The molecule has 0 fully saturated rings. The molecule has 0 saturated carbocycles. The van der Waals surface area contributed by atoms with Crippen molar-refractivity contribution in [3.8, 4) is 0 Å². The van der Waals surface area contributed by atoms with Gasteiger partial charge in [-0.3, -0.25) is 0 Å². The van der Waals surface area contributed by atoms with Crippen molar-refractivity contribution >= 4 is 75.1 Å². The third kappa shape index (κ3) is 24.6. The Morgan fingerprint density at radius 1 is 0.667 bits per heavy atom. The van der Waals surface area contributed by atoms with E-state index in [1.807, 2.05) is 0 Å². The summed E-state index contributed by atoms with van der Waals surface area (Å²) in [5.41, 5.74) is 0. The Morgan fingerprint density at radius 2 is 0.667 bits per heavy atom. The first kappa shape index (κ1) is 50.9. The molecule has 2 radical (unpaired) electrons. The van der Waals surface area contributed by atoms with Crippen LogP contribution < -0.4 is 51.4 Å². The van der Waals surface area contributed by atoms with E-state index in [1.54, 1.807) is 0 Å². The van der Waals surface area contributed by atoms with Crippen molar-refractivity contribution in [3.63, 3.8) is 0 Å². The van der Waals surface area contributed by atoms with Crippen molar-refractivity contribution in [1.29, 1.82) is 0 Å². The van der Waals surface area contributed by atoms with Gasteiger partial charge in [-0.1, -0.05) is 0 Å². The molecule has 0 aliphatic heterocycles. The fraction of sp³-hybridized carbons (Fsp3) is 0. The molecule has 0 saturated heterocycles. The Morgan fingerprint density at radius 3 is 0.667 bits per heavy atom. The zero-order valence-electron chi connectivity index (χ0n) is 3.38. The van der Waals surface area contributed by atoms with E-state index in [0.717, 1.165) is 0 Å². The zero-order chi connectivity index (χ0) is 0. The van der Waals surface area contributed by atoms with E-state index in [1.165, 1.54) is 0 Å². The molecule has 0 heterocycles. The molecule has 0 aromatic carbocycles. The van der Waals surface area contributed by atoms with Gasteiger partial charge in [0, 0.05) is 0 Å². The van der Waals surface area contributed by atoms with Gasteiger partial charge in [0.05, 0.1) is 0 Å². The summed E-state index contributed by atoms with van der Waals surface area (Å²) in [5.74, 6) is 0. The summed E-state index contributed by atoms with van der Waals surface area (Å²) in [5, 5.41) is 0. The van der Waals surface area contributed by atoms with Gasteiger partial charge in [-0.05, 0) is 0 Å². The molecule has 0 atom stereocenters. The van der Waals surface area contributed by atoms with Crippen molar-refractivity contribution < 1.29 is 67.8 Å². The smallest absolute Gasteiger partial charge is 2.00 e. The van der Waals surface area contributed by atoms with Crippen LogP contribution in [0.2, 0.25) is 0 Å². The van der Waals surface area contributed by atoms with Crippen LogP contribution in [-0.4, -0.2) is 75.1 Å². The maximum Gasteiger partial charge on any atom is 3.00 e. The van der Waals surface area contributed by atoms with E-state index >= 15 is 0 Å². The van der Waals surface area contributed by atoms with Crippen molar-refractivity contribution in [2.75, 3.05) is 0 Å². The molecule has 26 valence electrons. The summed E-state index contributed by atoms with van der Waals surface area (Å²) in [6, 6.07) is 0. The van der Waals surface area contributed by atoms with Crippen molar-refractivity contribution in [2.24, 2.45) is 0 Å². The SMILES string of the molecule is [Ba+2].[Bi+3].[K+].[O-2].[O-2].[O-2]. The normalized spacial score (nSPS) is 0. The van der Waals surface area contributed by atoms with Gasteiger partial charge in [-0.2, -0.15) is 0 Å². The Hall–Kier alpha value is 3.97. The molecule has 0 N–H and O–H groups in total. The molecule has 0 aromatic heterocycles. The molecule has 0 unspecified atom stereocenters. The van der Waals surface area contributed by atoms with Gasteiger partial charge in [0.15, 0.2) is 0 Å². The fourth-order valence-electron chi connectivity index (χ4n) is 0. The fourth-order valence-corrected chi connectivity index (χ4v) is 0. The maximum atomic E-state index is 0. The summed E-state index contributed by atoms with van der Waals surface area (Å²) >= 11 is 0. The number of hydrogen-bond donors (Lipinski definition) is 0.